The topological polar surface area (TPSA) is 0 Å². The molecule has 2 aliphatic heterocycles. The SMILES string of the molecule is C[Si](C)(C)C1=CC2SC(c3sc4c(Br)c(-c5sc6cc([Si](C)(C)C)sc6c5Br)sc4c3Br)=C(Br)C2S1. The molecule has 0 saturated heterocycles. The molecule has 0 saturated carbocycles. The van der Waals surface area contributed by atoms with Crippen molar-refractivity contribution >= 4 is 177 Å². The summed E-state index contributed by atoms with van der Waals surface area (Å²) in [6.45, 7) is 14.7. The molecule has 2 atom stereocenters. The second-order valence-electron chi connectivity index (χ2n) is 11.0. The molecule has 0 nitrogen and oxygen atoms in total. The Labute approximate surface area is 272 Å². The second-order valence-corrected chi connectivity index (χ2v) is 31.6. The Kier molecular flexibility index (Phi) is 7.55. The first-order valence-corrected chi connectivity index (χ1v) is 26.5. The van der Waals surface area contributed by atoms with Crippen LogP contribution in [0.25, 0.3) is 33.5 Å². The Balaban J connectivity index is 1.37. The molecule has 4 aromatic rings. The Hall–Kier alpha value is 1.85. The number of fused-ring (bicyclic) bond motifs is 3. The van der Waals surface area contributed by atoms with E-state index in [0.29, 0.717) is 10.5 Å². The molecule has 2 aliphatic rings. The van der Waals surface area contributed by atoms with Gasteiger partial charge in [0.05, 0.1) is 63.5 Å². The monoisotopic (exact) mass is 874 g/mol. The molecule has 0 fully saturated rings. The third-order valence-electron chi connectivity index (χ3n) is 6.20. The number of rotatable bonds is 4. The van der Waals surface area contributed by atoms with Gasteiger partial charge in [-0.1, -0.05) is 61.3 Å². The summed E-state index contributed by atoms with van der Waals surface area (Å²) in [5, 5.41) is 1.07. The number of hydrogen-bond acceptors (Lipinski definition) is 6. The van der Waals surface area contributed by atoms with Crippen molar-refractivity contribution in [2.24, 2.45) is 0 Å². The summed E-state index contributed by atoms with van der Waals surface area (Å²) in [6, 6.07) is 2.45. The van der Waals surface area contributed by atoms with E-state index in [-0.39, 0.29) is 0 Å². The summed E-state index contributed by atoms with van der Waals surface area (Å²) in [7, 11) is -2.56. The zero-order valence-electron chi connectivity index (χ0n) is 20.3. The van der Waals surface area contributed by atoms with Crippen LogP contribution in [0.4, 0.5) is 0 Å². The predicted octanol–water partition coefficient (Wildman–Crippen LogP) is 12.8. The van der Waals surface area contributed by atoms with E-state index in [4.69, 9.17) is 0 Å². The van der Waals surface area contributed by atoms with Crippen molar-refractivity contribution in [3.63, 3.8) is 0 Å². The van der Waals surface area contributed by atoms with E-state index in [9.17, 15) is 0 Å². The highest BCUT2D eigenvalue weighted by molar-refractivity contribution is 9.12. The summed E-state index contributed by atoms with van der Waals surface area (Å²) in [5.41, 5.74) is 0. The standard InChI is InChI=1S/C24H22Br4S6Si2/c1-35(2,3)11-7-9-17(31-11)13(25)19(29-9)21-15(27)23-24(33-21)16(28)22(34-23)20-14(26)18-10(30-20)8-12(32-18)36(4,5)6/h7-9,17H,1-6H3. The van der Waals surface area contributed by atoms with E-state index < -0.39 is 16.1 Å². The molecule has 0 spiro atoms. The Bertz CT molecular complexity index is 1620. The van der Waals surface area contributed by atoms with Crippen LogP contribution in [-0.4, -0.2) is 26.6 Å². The van der Waals surface area contributed by atoms with Gasteiger partial charge in [-0.25, -0.2) is 0 Å². The van der Waals surface area contributed by atoms with Gasteiger partial charge in [-0.15, -0.1) is 68.9 Å². The van der Waals surface area contributed by atoms with Crippen LogP contribution >= 0.6 is 133 Å². The van der Waals surface area contributed by atoms with E-state index in [1.54, 1.807) is 9.03 Å². The molecule has 4 aromatic heterocycles. The molecule has 0 radical (unpaired) electrons. The van der Waals surface area contributed by atoms with E-state index >= 15 is 0 Å². The molecule has 6 heterocycles. The van der Waals surface area contributed by atoms with Gasteiger partial charge in [0, 0.05) is 19.3 Å². The number of thioether (sulfide) groups is 2. The van der Waals surface area contributed by atoms with Crippen LogP contribution in [-0.2, 0) is 0 Å². The van der Waals surface area contributed by atoms with Gasteiger partial charge < -0.3 is 0 Å². The molecule has 36 heavy (non-hydrogen) atoms. The predicted molar refractivity (Wildman–Crippen MR) is 195 cm³/mol. The van der Waals surface area contributed by atoms with E-state index in [1.807, 2.05) is 57.1 Å². The third kappa shape index (κ3) is 4.55. The number of thiophene rings is 4. The Morgan fingerprint density at radius 2 is 1.25 bits per heavy atom. The lowest BCUT2D eigenvalue weighted by Crippen LogP contribution is -2.34. The van der Waals surface area contributed by atoms with E-state index in [1.165, 1.54) is 56.2 Å². The van der Waals surface area contributed by atoms with Gasteiger partial charge in [0.2, 0.25) is 0 Å². The second kappa shape index (κ2) is 9.71. The lowest BCUT2D eigenvalue weighted by atomic mass is 10.2. The molecule has 0 aliphatic carbocycles. The average molecular weight is 879 g/mol. The van der Waals surface area contributed by atoms with E-state index in [0.717, 1.165) is 0 Å². The highest BCUT2D eigenvalue weighted by Crippen LogP contribution is 2.62. The normalized spacial score (nSPS) is 20.9. The van der Waals surface area contributed by atoms with Crippen molar-refractivity contribution in [3.05, 3.63) is 39.4 Å². The molecule has 0 aromatic carbocycles. The van der Waals surface area contributed by atoms with Crippen LogP contribution in [0.5, 0.6) is 0 Å². The minimum Gasteiger partial charge on any atom is -0.143 e. The molecule has 0 amide bonds. The first-order valence-electron chi connectivity index (χ1n) is 11.3. The van der Waals surface area contributed by atoms with Gasteiger partial charge in [0.15, 0.2) is 0 Å². The van der Waals surface area contributed by atoms with Crippen LogP contribution in [0, 0.1) is 0 Å². The van der Waals surface area contributed by atoms with Crippen LogP contribution in [0.3, 0.4) is 0 Å². The first-order chi connectivity index (χ1) is 16.8. The number of hydrogen-bond donors (Lipinski definition) is 0. The summed E-state index contributed by atoms with van der Waals surface area (Å²) < 4.78 is 13.8. The molecule has 2 unspecified atom stereocenters. The summed E-state index contributed by atoms with van der Waals surface area (Å²) in [5.74, 6) is 0. The molecule has 0 N–H and O–H groups in total. The lowest BCUT2D eigenvalue weighted by molar-refractivity contribution is 1.13. The maximum Gasteiger partial charge on any atom is 0.0904 e. The van der Waals surface area contributed by atoms with Gasteiger partial charge in [-0.05, 0) is 62.9 Å². The summed E-state index contributed by atoms with van der Waals surface area (Å²) in [4.78, 5) is 5.45. The smallest absolute Gasteiger partial charge is 0.0904 e. The zero-order valence-corrected chi connectivity index (χ0v) is 33.5. The molecule has 6 rings (SSSR count). The van der Waals surface area contributed by atoms with Crippen molar-refractivity contribution in [3.8, 4) is 9.75 Å². The fourth-order valence-electron chi connectivity index (χ4n) is 4.23. The minimum absolute atomic E-state index is 0.522. The van der Waals surface area contributed by atoms with Crippen molar-refractivity contribution in [1.82, 2.24) is 0 Å². The molecule has 12 heteroatoms. The van der Waals surface area contributed by atoms with Gasteiger partial charge in [-0.3, -0.25) is 0 Å². The van der Waals surface area contributed by atoms with E-state index in [2.05, 4.69) is 127 Å². The fraction of sp³-hybridized carbons (Fsp3) is 0.333. The quantitative estimate of drug-likeness (QED) is 0.187. The largest absolute Gasteiger partial charge is 0.143 e. The maximum absolute atomic E-state index is 4.03. The molecular weight excluding hydrogens is 856 g/mol. The Morgan fingerprint density at radius 3 is 1.83 bits per heavy atom. The van der Waals surface area contributed by atoms with Crippen molar-refractivity contribution in [2.75, 3.05) is 0 Å². The van der Waals surface area contributed by atoms with Crippen LogP contribution in [0.2, 0.25) is 39.3 Å². The zero-order chi connectivity index (χ0) is 25.9. The number of halogens is 4. The van der Waals surface area contributed by atoms with Crippen LogP contribution in [0.15, 0.2) is 34.6 Å². The first kappa shape index (κ1) is 28.0. The average Bonchev–Trinajstić information content (AvgIpc) is 3.57. The summed E-state index contributed by atoms with van der Waals surface area (Å²) >= 11 is 27.9. The van der Waals surface area contributed by atoms with Gasteiger partial charge in [0.1, 0.15) is 0 Å². The molecule has 190 valence electrons. The molecular formula is C24H22Br4S6Si2. The van der Waals surface area contributed by atoms with Gasteiger partial charge >= 0.3 is 0 Å². The van der Waals surface area contributed by atoms with Crippen LogP contribution < -0.4 is 4.50 Å². The minimum atomic E-state index is -1.30. The lowest BCUT2D eigenvalue weighted by Gasteiger charge is -2.18. The van der Waals surface area contributed by atoms with Crippen LogP contribution in [0.1, 0.15) is 4.88 Å². The molecule has 0 bridgehead atoms. The van der Waals surface area contributed by atoms with Crippen molar-refractivity contribution < 1.29 is 0 Å². The third-order valence-corrected chi connectivity index (χ3v) is 27.0. The van der Waals surface area contributed by atoms with Gasteiger partial charge in [-0.2, -0.15) is 0 Å². The fourth-order valence-corrected chi connectivity index (χ4v) is 21.4. The highest BCUT2D eigenvalue weighted by Gasteiger charge is 2.43. The maximum atomic E-state index is 4.03. The van der Waals surface area contributed by atoms with Crippen molar-refractivity contribution in [1.29, 1.82) is 0 Å². The Morgan fingerprint density at radius 1 is 0.667 bits per heavy atom. The van der Waals surface area contributed by atoms with Gasteiger partial charge in [0.25, 0.3) is 0 Å². The summed E-state index contributed by atoms with van der Waals surface area (Å²) in [6.07, 6.45) is 2.56. The highest BCUT2D eigenvalue weighted by atomic mass is 79.9. The van der Waals surface area contributed by atoms with Crippen molar-refractivity contribution in [2.45, 2.75) is 49.8 Å².